The number of nitrogens with one attached hydrogen (secondary N) is 1. The van der Waals surface area contributed by atoms with E-state index in [2.05, 4.69) is 16.9 Å². The molecule has 2 aromatic carbocycles. The van der Waals surface area contributed by atoms with Crippen molar-refractivity contribution in [1.82, 2.24) is 14.8 Å². The topological polar surface area (TPSA) is 82.4 Å². The van der Waals surface area contributed by atoms with Gasteiger partial charge in [-0.1, -0.05) is 18.2 Å². The standard InChI is InChI=1S/C19H20N4O2/c1-22-8-10-23(11-9-22)19(25)13-6-7-14(18(20)24)17-16(13)12-4-2-3-5-15(12)21-17/h2-7,21H,8-11H2,1H3,(H2,20,24). The molecule has 0 aliphatic carbocycles. The maximum Gasteiger partial charge on any atom is 0.254 e. The summed E-state index contributed by atoms with van der Waals surface area (Å²) >= 11 is 0. The SMILES string of the molecule is CN1CCN(C(=O)c2ccc(C(N)=O)c3[nH]c4ccccc4c23)CC1. The van der Waals surface area contributed by atoms with Gasteiger partial charge in [0.25, 0.3) is 11.8 Å². The molecule has 4 rings (SSSR count). The Bertz CT molecular complexity index is 984. The van der Waals surface area contributed by atoms with Crippen LogP contribution in [0.25, 0.3) is 21.8 Å². The Morgan fingerprint density at radius 1 is 1.00 bits per heavy atom. The average Bonchev–Trinajstić information content (AvgIpc) is 3.00. The largest absolute Gasteiger partial charge is 0.366 e. The molecule has 3 aromatic rings. The number of hydrogen-bond acceptors (Lipinski definition) is 3. The molecule has 6 heteroatoms. The lowest BCUT2D eigenvalue weighted by atomic mass is 10.0. The normalized spacial score (nSPS) is 15.8. The molecule has 0 unspecified atom stereocenters. The third kappa shape index (κ3) is 2.55. The van der Waals surface area contributed by atoms with Crippen molar-refractivity contribution in [3.63, 3.8) is 0 Å². The number of likely N-dealkylation sites (N-methyl/N-ethyl adjacent to an activating group) is 1. The second-order valence-corrected chi connectivity index (χ2v) is 6.54. The predicted molar refractivity (Wildman–Crippen MR) is 97.7 cm³/mol. The van der Waals surface area contributed by atoms with Gasteiger partial charge < -0.3 is 20.5 Å². The highest BCUT2D eigenvalue weighted by Gasteiger charge is 2.24. The van der Waals surface area contributed by atoms with Crippen molar-refractivity contribution in [1.29, 1.82) is 0 Å². The van der Waals surface area contributed by atoms with E-state index in [9.17, 15) is 9.59 Å². The molecule has 1 aromatic heterocycles. The molecular weight excluding hydrogens is 316 g/mol. The zero-order chi connectivity index (χ0) is 17.6. The summed E-state index contributed by atoms with van der Waals surface area (Å²) in [5, 5.41) is 1.70. The highest BCUT2D eigenvalue weighted by molar-refractivity contribution is 6.21. The number of fused-ring (bicyclic) bond motifs is 3. The number of H-pyrrole nitrogens is 1. The summed E-state index contributed by atoms with van der Waals surface area (Å²) in [4.78, 5) is 32.3. The van der Waals surface area contributed by atoms with Crippen LogP contribution in [-0.4, -0.2) is 59.8 Å². The zero-order valence-electron chi connectivity index (χ0n) is 14.1. The van der Waals surface area contributed by atoms with E-state index in [1.54, 1.807) is 12.1 Å². The number of amides is 2. The van der Waals surface area contributed by atoms with Crippen molar-refractivity contribution in [2.45, 2.75) is 0 Å². The second kappa shape index (κ2) is 5.89. The fraction of sp³-hybridized carbons (Fsp3) is 0.263. The van der Waals surface area contributed by atoms with E-state index in [-0.39, 0.29) is 5.91 Å². The molecule has 2 heterocycles. The summed E-state index contributed by atoms with van der Waals surface area (Å²) in [5.41, 5.74) is 8.06. The van der Waals surface area contributed by atoms with Gasteiger partial charge in [-0.25, -0.2) is 0 Å². The highest BCUT2D eigenvalue weighted by atomic mass is 16.2. The molecule has 1 saturated heterocycles. The van der Waals surface area contributed by atoms with E-state index >= 15 is 0 Å². The van der Waals surface area contributed by atoms with Crippen LogP contribution >= 0.6 is 0 Å². The first-order valence-electron chi connectivity index (χ1n) is 8.37. The van der Waals surface area contributed by atoms with Crippen molar-refractivity contribution in [2.24, 2.45) is 5.73 Å². The van der Waals surface area contributed by atoms with Crippen molar-refractivity contribution < 1.29 is 9.59 Å². The first-order valence-corrected chi connectivity index (χ1v) is 8.37. The molecule has 1 aliphatic rings. The van der Waals surface area contributed by atoms with E-state index < -0.39 is 5.91 Å². The van der Waals surface area contributed by atoms with Gasteiger partial charge in [0.05, 0.1) is 11.1 Å². The van der Waals surface area contributed by atoms with Crippen molar-refractivity contribution in [3.05, 3.63) is 47.5 Å². The van der Waals surface area contributed by atoms with Crippen molar-refractivity contribution in [3.8, 4) is 0 Å². The molecule has 1 aliphatic heterocycles. The van der Waals surface area contributed by atoms with Crippen molar-refractivity contribution >= 4 is 33.6 Å². The zero-order valence-corrected chi connectivity index (χ0v) is 14.1. The number of nitrogens with two attached hydrogens (primary N) is 1. The highest BCUT2D eigenvalue weighted by Crippen LogP contribution is 2.31. The molecular formula is C19H20N4O2. The average molecular weight is 336 g/mol. The Kier molecular flexibility index (Phi) is 3.69. The molecule has 0 bridgehead atoms. The number of benzene rings is 2. The lowest BCUT2D eigenvalue weighted by molar-refractivity contribution is 0.0666. The van der Waals surface area contributed by atoms with Crippen LogP contribution in [0.2, 0.25) is 0 Å². The number of nitrogens with zero attached hydrogens (tertiary/aromatic N) is 2. The van der Waals surface area contributed by atoms with Crippen LogP contribution in [0.4, 0.5) is 0 Å². The van der Waals surface area contributed by atoms with Gasteiger partial charge in [0.1, 0.15) is 0 Å². The summed E-state index contributed by atoms with van der Waals surface area (Å²) < 4.78 is 0. The van der Waals surface area contributed by atoms with Gasteiger partial charge in [-0.2, -0.15) is 0 Å². The summed E-state index contributed by atoms with van der Waals surface area (Å²) in [6, 6.07) is 11.1. The molecule has 0 saturated carbocycles. The first-order chi connectivity index (χ1) is 12.1. The van der Waals surface area contributed by atoms with Crippen LogP contribution in [0.5, 0.6) is 0 Å². The molecule has 0 radical (unpaired) electrons. The van der Waals surface area contributed by atoms with Gasteiger partial charge in [0, 0.05) is 48.0 Å². The van der Waals surface area contributed by atoms with E-state index in [0.29, 0.717) is 29.7 Å². The molecule has 128 valence electrons. The summed E-state index contributed by atoms with van der Waals surface area (Å²) in [6.07, 6.45) is 0. The third-order valence-corrected chi connectivity index (χ3v) is 4.95. The number of para-hydroxylation sites is 1. The van der Waals surface area contributed by atoms with Crippen LogP contribution in [0.3, 0.4) is 0 Å². The number of aromatic nitrogens is 1. The lowest BCUT2D eigenvalue weighted by Gasteiger charge is -2.32. The molecule has 0 spiro atoms. The number of carbonyl (C=O) groups excluding carboxylic acids is 2. The fourth-order valence-corrected chi connectivity index (χ4v) is 3.52. The minimum Gasteiger partial charge on any atom is -0.366 e. The number of rotatable bonds is 2. The summed E-state index contributed by atoms with van der Waals surface area (Å²) in [5.74, 6) is -0.506. The Morgan fingerprint density at radius 2 is 1.68 bits per heavy atom. The Labute approximate surface area is 145 Å². The van der Waals surface area contributed by atoms with Gasteiger partial charge in [0.2, 0.25) is 0 Å². The van der Waals surface area contributed by atoms with E-state index in [1.165, 1.54) is 0 Å². The van der Waals surface area contributed by atoms with E-state index in [0.717, 1.165) is 29.4 Å². The Hall–Kier alpha value is -2.86. The Balaban J connectivity index is 1.90. The minimum atomic E-state index is -0.504. The molecule has 1 fully saturated rings. The molecule has 0 atom stereocenters. The molecule has 25 heavy (non-hydrogen) atoms. The maximum absolute atomic E-state index is 13.1. The molecule has 2 amide bonds. The quantitative estimate of drug-likeness (QED) is 0.749. The van der Waals surface area contributed by atoms with Gasteiger partial charge >= 0.3 is 0 Å². The van der Waals surface area contributed by atoms with Crippen LogP contribution in [0, 0.1) is 0 Å². The minimum absolute atomic E-state index is 0.00104. The fourth-order valence-electron chi connectivity index (χ4n) is 3.52. The van der Waals surface area contributed by atoms with Crippen LogP contribution < -0.4 is 5.73 Å². The second-order valence-electron chi connectivity index (χ2n) is 6.54. The maximum atomic E-state index is 13.1. The monoisotopic (exact) mass is 336 g/mol. The van der Waals surface area contributed by atoms with Gasteiger partial charge in [-0.05, 0) is 25.2 Å². The number of carbonyl (C=O) groups is 2. The van der Waals surface area contributed by atoms with Gasteiger partial charge in [0.15, 0.2) is 0 Å². The number of primary amides is 1. The first kappa shape index (κ1) is 15.7. The summed E-state index contributed by atoms with van der Waals surface area (Å²) in [7, 11) is 2.06. The third-order valence-electron chi connectivity index (χ3n) is 4.95. The van der Waals surface area contributed by atoms with Gasteiger partial charge in [-0.15, -0.1) is 0 Å². The Morgan fingerprint density at radius 3 is 2.40 bits per heavy atom. The van der Waals surface area contributed by atoms with E-state index in [4.69, 9.17) is 5.73 Å². The predicted octanol–water partition coefficient (Wildman–Crippen LogP) is 1.81. The lowest BCUT2D eigenvalue weighted by Crippen LogP contribution is -2.47. The summed E-state index contributed by atoms with van der Waals surface area (Å²) in [6.45, 7) is 3.14. The number of hydrogen-bond donors (Lipinski definition) is 2. The van der Waals surface area contributed by atoms with Crippen molar-refractivity contribution in [2.75, 3.05) is 33.2 Å². The molecule has 6 nitrogen and oxygen atoms in total. The number of aromatic amines is 1. The number of piperazine rings is 1. The van der Waals surface area contributed by atoms with Crippen LogP contribution in [-0.2, 0) is 0 Å². The van der Waals surface area contributed by atoms with E-state index in [1.807, 2.05) is 29.2 Å². The van der Waals surface area contributed by atoms with Gasteiger partial charge in [-0.3, -0.25) is 9.59 Å². The van der Waals surface area contributed by atoms with Crippen LogP contribution in [0.15, 0.2) is 36.4 Å². The molecule has 3 N–H and O–H groups in total. The van der Waals surface area contributed by atoms with Crippen LogP contribution in [0.1, 0.15) is 20.7 Å². The smallest absolute Gasteiger partial charge is 0.254 e.